The van der Waals surface area contributed by atoms with E-state index < -0.39 is 0 Å². The zero-order valence-electron chi connectivity index (χ0n) is 7.48. The van der Waals surface area contributed by atoms with Gasteiger partial charge < -0.3 is 0 Å². The molecule has 2 atom stereocenters. The summed E-state index contributed by atoms with van der Waals surface area (Å²) in [5, 5.41) is 0. The fourth-order valence-corrected chi connectivity index (χ4v) is 10.5. The molecule has 2 heterocycles. The monoisotopic (exact) mass is 294 g/mol. The summed E-state index contributed by atoms with van der Waals surface area (Å²) in [6.45, 7) is 0. The van der Waals surface area contributed by atoms with Crippen LogP contribution in [0.1, 0.15) is 12.8 Å². The van der Waals surface area contributed by atoms with Crippen molar-refractivity contribution >= 4 is 81.3 Å². The summed E-state index contributed by atoms with van der Waals surface area (Å²) < 4.78 is 0. The molecule has 2 rings (SSSR count). The van der Waals surface area contributed by atoms with Gasteiger partial charge in [0.05, 0.1) is 0 Å². The molecule has 0 aliphatic carbocycles. The van der Waals surface area contributed by atoms with Crippen LogP contribution in [0.3, 0.4) is 0 Å². The van der Waals surface area contributed by atoms with Crippen molar-refractivity contribution in [2.24, 2.45) is 0 Å². The molecule has 0 N–H and O–H groups in total. The fourth-order valence-electron chi connectivity index (χ4n) is 0.637. The van der Waals surface area contributed by atoms with Gasteiger partial charge in [-0.2, -0.15) is 0 Å². The molecule has 64 valence electrons. The van der Waals surface area contributed by atoms with Crippen molar-refractivity contribution in [1.29, 1.82) is 0 Å². The second kappa shape index (κ2) is 12.4. The summed E-state index contributed by atoms with van der Waals surface area (Å²) in [7, 11) is 8.86. The third-order valence-corrected chi connectivity index (χ3v) is 12.1. The van der Waals surface area contributed by atoms with Crippen LogP contribution in [0.15, 0.2) is 0 Å². The molecule has 0 aromatic heterocycles. The minimum Gasteiger partial charge on any atom is -0.0447 e. The zero-order valence-corrected chi connectivity index (χ0v) is 14.5. The van der Waals surface area contributed by atoms with Gasteiger partial charge in [0.1, 0.15) is 28.1 Å². The molecule has 0 radical (unpaired) electrons. The Labute approximate surface area is 106 Å². The molecule has 0 saturated carbocycles. The Morgan fingerprint density at radius 3 is 1.38 bits per heavy atom. The van der Waals surface area contributed by atoms with E-state index in [0.29, 0.717) is 0 Å². The first kappa shape index (κ1) is 15.3. The number of hydrogen-bond donors (Lipinski definition) is 0. The van der Waals surface area contributed by atoms with E-state index in [1.54, 1.807) is 30.9 Å². The fraction of sp³-hybridized carbons (Fsp3) is 0.667. The Morgan fingerprint density at radius 1 is 0.846 bits per heavy atom. The smallest absolute Gasteiger partial charge is 0.0447 e. The summed E-state index contributed by atoms with van der Waals surface area (Å²) in [5.41, 5.74) is 0. The SMILES string of the molecule is C1=PP=[PH+]CC1.C1=PP=[PH+]CC1.[Mg+2]. The molecule has 2 aliphatic heterocycles. The Bertz CT molecular complexity index is 173. The van der Waals surface area contributed by atoms with Crippen LogP contribution in [-0.4, -0.2) is 47.0 Å². The Kier molecular flexibility index (Phi) is 14.6. The quantitative estimate of drug-likeness (QED) is 0.444. The molecular weight excluding hydrogens is 282 g/mol. The molecule has 2 unspecified atom stereocenters. The van der Waals surface area contributed by atoms with Crippen molar-refractivity contribution in [3.05, 3.63) is 0 Å². The van der Waals surface area contributed by atoms with Gasteiger partial charge >= 0.3 is 23.1 Å². The van der Waals surface area contributed by atoms with E-state index in [1.165, 1.54) is 40.9 Å². The molecule has 0 fully saturated rings. The normalized spacial score (nSPS) is 24.6. The minimum atomic E-state index is 0. The van der Waals surface area contributed by atoms with Crippen LogP contribution in [0, 0.1) is 0 Å². The van der Waals surface area contributed by atoms with Gasteiger partial charge in [0.25, 0.3) is 0 Å². The largest absolute Gasteiger partial charge is 2.00 e. The third kappa shape index (κ3) is 10.6. The van der Waals surface area contributed by atoms with Crippen LogP contribution in [-0.2, 0) is 0 Å². The van der Waals surface area contributed by atoms with Crippen LogP contribution >= 0.6 is 46.6 Å². The number of rotatable bonds is 0. The molecule has 0 spiro atoms. The van der Waals surface area contributed by atoms with Gasteiger partial charge in [0, 0.05) is 28.6 Å². The van der Waals surface area contributed by atoms with Crippen molar-refractivity contribution in [1.82, 2.24) is 0 Å². The minimum absolute atomic E-state index is 0. The van der Waals surface area contributed by atoms with Crippen LogP contribution < -0.4 is 0 Å². The Morgan fingerprint density at radius 2 is 1.31 bits per heavy atom. The van der Waals surface area contributed by atoms with Gasteiger partial charge in [0.2, 0.25) is 0 Å². The Balaban J connectivity index is 0.000000206. The molecule has 0 aromatic carbocycles. The standard InChI is InChI=1S/2C3H5P3.Mg/c2*1-2-4-6-5-3-1;/h2*2H,1,3H2;/q;;+2/p+2. The van der Waals surface area contributed by atoms with Gasteiger partial charge in [-0.15, -0.1) is 0 Å². The van der Waals surface area contributed by atoms with Gasteiger partial charge in [-0.1, -0.05) is 0 Å². The maximum atomic E-state index is 2.36. The van der Waals surface area contributed by atoms with Gasteiger partial charge in [-0.3, -0.25) is 0 Å². The summed E-state index contributed by atoms with van der Waals surface area (Å²) in [6.07, 6.45) is 5.64. The van der Waals surface area contributed by atoms with Crippen LogP contribution in [0.2, 0.25) is 0 Å². The average Bonchev–Trinajstić information content (AvgIpc) is 2.24. The Hall–Kier alpha value is 2.31. The third-order valence-electron chi connectivity index (χ3n) is 1.19. The first-order chi connectivity index (χ1) is 6.00. The summed E-state index contributed by atoms with van der Waals surface area (Å²) in [5.74, 6) is 4.72. The predicted molar refractivity (Wildman–Crippen MR) is 81.2 cm³/mol. The topological polar surface area (TPSA) is 0 Å². The van der Waals surface area contributed by atoms with Crippen molar-refractivity contribution in [3.63, 3.8) is 0 Å². The molecule has 0 nitrogen and oxygen atoms in total. The van der Waals surface area contributed by atoms with Crippen molar-refractivity contribution in [3.8, 4) is 0 Å². The zero-order chi connectivity index (χ0) is 8.49. The maximum absolute atomic E-state index is 2.36. The maximum Gasteiger partial charge on any atom is 2.00 e. The van der Waals surface area contributed by atoms with Gasteiger partial charge in [0.15, 0.2) is 15.1 Å². The molecule has 7 heteroatoms. The molecular formula is C6H12MgP6+4. The molecule has 0 amide bonds. The van der Waals surface area contributed by atoms with E-state index >= 15 is 0 Å². The van der Waals surface area contributed by atoms with Gasteiger partial charge in [-0.25, -0.2) is 0 Å². The summed E-state index contributed by atoms with van der Waals surface area (Å²) in [6, 6.07) is 0. The van der Waals surface area contributed by atoms with E-state index in [0.717, 1.165) is 0 Å². The van der Waals surface area contributed by atoms with Gasteiger partial charge in [-0.05, 0) is 11.6 Å². The second-order valence-electron chi connectivity index (χ2n) is 2.19. The summed E-state index contributed by atoms with van der Waals surface area (Å²) >= 11 is 0. The van der Waals surface area contributed by atoms with Crippen molar-refractivity contribution < 1.29 is 0 Å². The molecule has 0 saturated heterocycles. The van der Waals surface area contributed by atoms with E-state index in [2.05, 4.69) is 11.6 Å². The number of hydrogen-bond acceptors (Lipinski definition) is 0. The molecule has 13 heavy (non-hydrogen) atoms. The summed E-state index contributed by atoms with van der Waals surface area (Å²) in [4.78, 5) is 0. The van der Waals surface area contributed by atoms with Crippen molar-refractivity contribution in [2.45, 2.75) is 12.8 Å². The predicted octanol–water partition coefficient (Wildman–Crippen LogP) is 4.81. The molecule has 2 aliphatic rings. The van der Waals surface area contributed by atoms with Crippen molar-refractivity contribution in [2.75, 3.05) is 12.3 Å². The van der Waals surface area contributed by atoms with E-state index in [4.69, 9.17) is 0 Å². The first-order valence-corrected chi connectivity index (χ1v) is 13.1. The average molecular weight is 294 g/mol. The van der Waals surface area contributed by atoms with E-state index in [1.807, 2.05) is 0 Å². The molecule has 0 aromatic rings. The van der Waals surface area contributed by atoms with Crippen LogP contribution in [0.4, 0.5) is 0 Å². The van der Waals surface area contributed by atoms with E-state index in [9.17, 15) is 0 Å². The molecule has 0 bridgehead atoms. The second-order valence-corrected chi connectivity index (χ2v) is 13.5. The van der Waals surface area contributed by atoms with Crippen LogP contribution in [0.25, 0.3) is 0 Å². The van der Waals surface area contributed by atoms with E-state index in [-0.39, 0.29) is 23.1 Å². The van der Waals surface area contributed by atoms with Crippen LogP contribution in [0.5, 0.6) is 0 Å². The first-order valence-electron chi connectivity index (χ1n) is 3.89.